The van der Waals surface area contributed by atoms with Crippen molar-refractivity contribution in [2.75, 3.05) is 13.7 Å². The Hall–Kier alpha value is -3.41. The Morgan fingerprint density at radius 2 is 2.06 bits per heavy atom. The summed E-state index contributed by atoms with van der Waals surface area (Å²) in [4.78, 5) is 20.0. The number of hydrogen-bond donors (Lipinski definition) is 1. The van der Waals surface area contributed by atoms with E-state index in [1.807, 2.05) is 30.3 Å². The number of aliphatic imine (C=N–C) groups is 1. The van der Waals surface area contributed by atoms with Crippen molar-refractivity contribution in [1.29, 1.82) is 5.26 Å². The molecule has 0 bridgehead atoms. The van der Waals surface area contributed by atoms with Crippen LogP contribution in [0, 0.1) is 11.3 Å². The molecule has 9 heteroatoms. The molecule has 0 saturated carbocycles. The van der Waals surface area contributed by atoms with Crippen LogP contribution in [-0.2, 0) is 9.53 Å². The predicted molar refractivity (Wildman–Crippen MR) is 124 cm³/mol. The normalized spacial score (nSPS) is 17.6. The number of ether oxygens (including phenoxy) is 2. The highest BCUT2D eigenvalue weighted by molar-refractivity contribution is 8.17. The Kier molecular flexibility index (Phi) is 6.12. The zero-order valence-corrected chi connectivity index (χ0v) is 18.9. The Labute approximate surface area is 194 Å². The quantitative estimate of drug-likeness (QED) is 0.650. The van der Waals surface area contributed by atoms with E-state index in [1.54, 1.807) is 30.0 Å². The minimum atomic E-state index is -0.760. The Morgan fingerprint density at radius 3 is 2.72 bits per heavy atom. The van der Waals surface area contributed by atoms with Gasteiger partial charge >= 0.3 is 5.97 Å². The summed E-state index contributed by atoms with van der Waals surface area (Å²) in [5.74, 6) is 0.180. The number of carbonyl (C=O) groups excluding carboxylic acids is 1. The van der Waals surface area contributed by atoms with Gasteiger partial charge in [0.05, 0.1) is 25.0 Å². The highest BCUT2D eigenvalue weighted by Gasteiger charge is 2.44. The molecule has 2 aliphatic heterocycles. The van der Waals surface area contributed by atoms with Gasteiger partial charge in [0.25, 0.3) is 0 Å². The fraction of sp³-hybridized carbons (Fsp3) is 0.174. The summed E-state index contributed by atoms with van der Waals surface area (Å²) in [5, 5.41) is 10.5. The largest absolute Gasteiger partial charge is 0.496 e. The fourth-order valence-corrected chi connectivity index (χ4v) is 4.72. The number of carbonyl (C=O) groups is 1. The number of thioether (sulfide) groups is 1. The number of methoxy groups -OCH3 is 1. The van der Waals surface area contributed by atoms with Crippen LogP contribution in [0.1, 0.15) is 24.1 Å². The lowest BCUT2D eigenvalue weighted by atomic mass is 9.91. The number of benzene rings is 2. The van der Waals surface area contributed by atoms with Crippen molar-refractivity contribution in [2.45, 2.75) is 13.0 Å². The molecule has 7 nitrogen and oxygen atoms in total. The molecule has 2 heterocycles. The number of esters is 1. The van der Waals surface area contributed by atoms with E-state index in [9.17, 15) is 10.1 Å². The van der Waals surface area contributed by atoms with Crippen LogP contribution < -0.4 is 10.5 Å². The first-order valence-corrected chi connectivity index (χ1v) is 10.9. The number of fused-ring (bicyclic) bond motifs is 1. The number of nitriles is 1. The third-order valence-electron chi connectivity index (χ3n) is 5.02. The lowest BCUT2D eigenvalue weighted by molar-refractivity contribution is -0.139. The predicted octanol–water partition coefficient (Wildman–Crippen LogP) is 4.43. The molecule has 2 N–H and O–H groups in total. The van der Waals surface area contributed by atoms with E-state index >= 15 is 0 Å². The first-order chi connectivity index (χ1) is 15.5. The number of nitrogens with two attached hydrogens (primary N) is 1. The highest BCUT2D eigenvalue weighted by Crippen LogP contribution is 2.49. The topological polar surface area (TPSA) is 101 Å². The van der Waals surface area contributed by atoms with Gasteiger partial charge in [-0.2, -0.15) is 5.26 Å². The molecule has 0 saturated heterocycles. The molecule has 1 atom stereocenters. The monoisotopic (exact) mass is 466 g/mol. The summed E-state index contributed by atoms with van der Waals surface area (Å²) >= 11 is 7.49. The summed E-state index contributed by atoms with van der Waals surface area (Å²) in [6.45, 7) is 1.92. The summed E-state index contributed by atoms with van der Waals surface area (Å²) < 4.78 is 11.0. The second-order valence-electron chi connectivity index (χ2n) is 6.83. The second-order valence-corrected chi connectivity index (χ2v) is 8.24. The highest BCUT2D eigenvalue weighted by atomic mass is 35.5. The molecule has 0 spiro atoms. The Bertz CT molecular complexity index is 1220. The molecule has 2 aromatic carbocycles. The lowest BCUT2D eigenvalue weighted by Crippen LogP contribution is -2.39. The maximum Gasteiger partial charge on any atom is 0.338 e. The van der Waals surface area contributed by atoms with E-state index in [4.69, 9.17) is 31.8 Å². The average molecular weight is 467 g/mol. The maximum absolute atomic E-state index is 13.3. The molecular weight excluding hydrogens is 448 g/mol. The summed E-state index contributed by atoms with van der Waals surface area (Å²) in [6, 6.07) is 15.8. The summed E-state index contributed by atoms with van der Waals surface area (Å²) in [6.07, 6.45) is 0. The van der Waals surface area contributed by atoms with Crippen LogP contribution in [0.4, 0.5) is 0 Å². The van der Waals surface area contributed by atoms with Crippen molar-refractivity contribution in [3.05, 3.63) is 81.0 Å². The van der Waals surface area contributed by atoms with Gasteiger partial charge in [0.2, 0.25) is 0 Å². The van der Waals surface area contributed by atoms with Gasteiger partial charge in [-0.25, -0.2) is 9.79 Å². The lowest BCUT2D eigenvalue weighted by Gasteiger charge is -2.36. The third kappa shape index (κ3) is 3.70. The second kappa shape index (κ2) is 8.99. The fourth-order valence-electron chi connectivity index (χ4n) is 3.67. The van der Waals surface area contributed by atoms with E-state index in [0.717, 1.165) is 17.3 Å². The molecular formula is C23H19ClN4O3S. The number of allylic oxidation sites excluding steroid dienone is 1. The Balaban J connectivity index is 2.06. The molecule has 0 aromatic heterocycles. The maximum atomic E-state index is 13.3. The van der Waals surface area contributed by atoms with Crippen LogP contribution in [0.5, 0.6) is 5.75 Å². The van der Waals surface area contributed by atoms with E-state index in [2.05, 4.69) is 6.07 Å². The average Bonchev–Trinajstić information content (AvgIpc) is 3.13. The number of rotatable bonds is 5. The van der Waals surface area contributed by atoms with Crippen LogP contribution in [-0.4, -0.2) is 29.8 Å². The van der Waals surface area contributed by atoms with Crippen molar-refractivity contribution in [1.82, 2.24) is 4.90 Å². The van der Waals surface area contributed by atoms with Crippen molar-refractivity contribution >= 4 is 40.2 Å². The van der Waals surface area contributed by atoms with Crippen LogP contribution in [0.15, 0.2) is 69.8 Å². The molecule has 162 valence electrons. The van der Waals surface area contributed by atoms with Gasteiger partial charge in [-0.05, 0) is 36.9 Å². The molecule has 4 rings (SSSR count). The van der Waals surface area contributed by atoms with E-state index in [1.165, 1.54) is 7.11 Å². The van der Waals surface area contributed by atoms with Crippen molar-refractivity contribution in [3.63, 3.8) is 0 Å². The molecule has 0 aliphatic carbocycles. The van der Waals surface area contributed by atoms with Gasteiger partial charge in [-0.15, -0.1) is 0 Å². The first-order valence-electron chi connectivity index (χ1n) is 9.75. The SMILES string of the molecule is CCOC(=O)C1=C(c2ccccc2)N=C2SC(C#N)=C(N)N2[C@H]1c1cc(Cl)ccc1OC. The van der Waals surface area contributed by atoms with Crippen molar-refractivity contribution in [3.8, 4) is 11.8 Å². The number of hydrogen-bond acceptors (Lipinski definition) is 8. The molecule has 0 radical (unpaired) electrons. The van der Waals surface area contributed by atoms with E-state index in [-0.39, 0.29) is 18.0 Å². The van der Waals surface area contributed by atoms with Gasteiger partial charge in [0.15, 0.2) is 5.17 Å². The van der Waals surface area contributed by atoms with Gasteiger partial charge in [-0.1, -0.05) is 41.9 Å². The molecule has 2 aromatic rings. The van der Waals surface area contributed by atoms with Gasteiger partial charge in [-0.3, -0.25) is 4.90 Å². The first kappa shape index (κ1) is 21.8. The minimum Gasteiger partial charge on any atom is -0.496 e. The third-order valence-corrected chi connectivity index (χ3v) is 6.23. The van der Waals surface area contributed by atoms with Crippen LogP contribution in [0.3, 0.4) is 0 Å². The Morgan fingerprint density at radius 1 is 1.31 bits per heavy atom. The van der Waals surface area contributed by atoms with Crippen LogP contribution >= 0.6 is 23.4 Å². The zero-order valence-electron chi connectivity index (χ0n) is 17.3. The molecule has 0 fully saturated rings. The minimum absolute atomic E-state index is 0.184. The standard InChI is InChI=1S/C23H19ClN4O3S/c1-3-31-22(29)18-19(13-7-5-4-6-8-13)27-23-28(21(26)17(12-25)32-23)20(18)15-11-14(24)9-10-16(15)30-2/h4-11,20H,3,26H2,1-2H3/t20-/m0/s1. The van der Waals surface area contributed by atoms with Crippen molar-refractivity contribution in [2.24, 2.45) is 10.7 Å². The molecule has 0 amide bonds. The van der Waals surface area contributed by atoms with Gasteiger partial charge in [0, 0.05) is 16.1 Å². The summed E-state index contributed by atoms with van der Waals surface area (Å²) in [5.41, 5.74) is 8.42. The molecule has 2 aliphatic rings. The number of halogens is 1. The number of nitrogens with zero attached hydrogens (tertiary/aromatic N) is 3. The van der Waals surface area contributed by atoms with Gasteiger partial charge < -0.3 is 15.2 Å². The molecule has 0 unspecified atom stereocenters. The van der Waals surface area contributed by atoms with Gasteiger partial charge in [0.1, 0.15) is 28.6 Å². The summed E-state index contributed by atoms with van der Waals surface area (Å²) in [7, 11) is 1.54. The smallest absolute Gasteiger partial charge is 0.338 e. The number of amidine groups is 1. The van der Waals surface area contributed by atoms with Crippen LogP contribution in [0.2, 0.25) is 5.02 Å². The van der Waals surface area contributed by atoms with Crippen LogP contribution in [0.25, 0.3) is 5.70 Å². The zero-order chi connectivity index (χ0) is 22.8. The molecule has 32 heavy (non-hydrogen) atoms. The van der Waals surface area contributed by atoms with E-state index in [0.29, 0.717) is 32.1 Å². The van der Waals surface area contributed by atoms with E-state index < -0.39 is 12.0 Å². The van der Waals surface area contributed by atoms with Crippen molar-refractivity contribution < 1.29 is 14.3 Å².